The number of esters is 1. The van der Waals surface area contributed by atoms with Gasteiger partial charge in [-0.2, -0.15) is 5.26 Å². The molecule has 2 aromatic carbocycles. The molecule has 0 saturated heterocycles. The van der Waals surface area contributed by atoms with Gasteiger partial charge >= 0.3 is 5.97 Å². The molecule has 0 radical (unpaired) electrons. The minimum absolute atomic E-state index is 0.00375. The van der Waals surface area contributed by atoms with Crippen LogP contribution in [0.3, 0.4) is 0 Å². The van der Waals surface area contributed by atoms with Crippen LogP contribution in [0.25, 0.3) is 6.08 Å². The van der Waals surface area contributed by atoms with E-state index >= 15 is 0 Å². The predicted molar refractivity (Wildman–Crippen MR) is 112 cm³/mol. The fourth-order valence-corrected chi connectivity index (χ4v) is 3.50. The number of nitriles is 1. The molecule has 2 aromatic rings. The van der Waals surface area contributed by atoms with Crippen molar-refractivity contribution >= 4 is 23.6 Å². The molecule has 1 atom stereocenters. The van der Waals surface area contributed by atoms with E-state index < -0.39 is 12.6 Å². The summed E-state index contributed by atoms with van der Waals surface area (Å²) < 4.78 is 5.15. The number of rotatable bonds is 5. The van der Waals surface area contributed by atoms with Gasteiger partial charge in [-0.1, -0.05) is 56.3 Å². The highest BCUT2D eigenvalue weighted by Crippen LogP contribution is 2.31. The molecule has 1 amide bonds. The van der Waals surface area contributed by atoms with Gasteiger partial charge in [0.2, 0.25) is 0 Å². The second-order valence-corrected chi connectivity index (χ2v) is 7.51. The molecule has 1 aliphatic heterocycles. The lowest BCUT2D eigenvalue weighted by Crippen LogP contribution is -2.38. The van der Waals surface area contributed by atoms with E-state index in [1.54, 1.807) is 4.90 Å². The normalized spacial score (nSPS) is 15.8. The highest BCUT2D eigenvalue weighted by Gasteiger charge is 2.31. The molecule has 29 heavy (non-hydrogen) atoms. The van der Waals surface area contributed by atoms with E-state index in [1.807, 2.05) is 61.5 Å². The van der Waals surface area contributed by atoms with Crippen LogP contribution in [0, 0.1) is 11.3 Å². The molecule has 0 N–H and O–H groups in total. The van der Waals surface area contributed by atoms with Gasteiger partial charge in [-0.25, -0.2) is 4.79 Å². The largest absolute Gasteiger partial charge is 0.451 e. The zero-order chi connectivity index (χ0) is 21.0. The summed E-state index contributed by atoms with van der Waals surface area (Å²) in [4.78, 5) is 26.6. The van der Waals surface area contributed by atoms with Crippen molar-refractivity contribution in [3.05, 3.63) is 70.8 Å². The minimum atomic E-state index is -0.797. The van der Waals surface area contributed by atoms with E-state index in [-0.39, 0.29) is 17.5 Å². The van der Waals surface area contributed by atoms with Crippen LogP contribution in [0.1, 0.15) is 43.4 Å². The van der Waals surface area contributed by atoms with Crippen LogP contribution in [0.5, 0.6) is 0 Å². The first-order valence-corrected chi connectivity index (χ1v) is 9.69. The Balaban J connectivity index is 1.66. The van der Waals surface area contributed by atoms with Crippen molar-refractivity contribution in [2.75, 3.05) is 11.5 Å². The molecule has 3 rings (SSSR count). The van der Waals surface area contributed by atoms with E-state index in [2.05, 4.69) is 13.8 Å². The van der Waals surface area contributed by atoms with Gasteiger partial charge in [0.1, 0.15) is 11.6 Å². The zero-order valence-corrected chi connectivity index (χ0v) is 16.9. The number of hydrogen-bond donors (Lipinski definition) is 0. The Morgan fingerprint density at radius 3 is 2.55 bits per heavy atom. The SMILES string of the molecule is CC(C)c1ccc(/C=C(\C#N)C(=O)OCC(=O)N2c3ccccc3C[C@H]2C)cc1. The Morgan fingerprint density at radius 2 is 1.90 bits per heavy atom. The number of benzene rings is 2. The molecule has 0 fully saturated rings. The second-order valence-electron chi connectivity index (χ2n) is 7.51. The van der Waals surface area contributed by atoms with Gasteiger partial charge in [0.05, 0.1) is 0 Å². The summed E-state index contributed by atoms with van der Waals surface area (Å²) in [6.07, 6.45) is 2.25. The number of carbonyl (C=O) groups excluding carboxylic acids is 2. The third-order valence-electron chi connectivity index (χ3n) is 5.06. The Labute approximate surface area is 171 Å². The Bertz CT molecular complexity index is 984. The van der Waals surface area contributed by atoms with Gasteiger partial charge in [0.25, 0.3) is 5.91 Å². The number of carbonyl (C=O) groups is 2. The van der Waals surface area contributed by atoms with Crippen LogP contribution in [-0.4, -0.2) is 24.5 Å². The van der Waals surface area contributed by atoms with E-state index in [0.29, 0.717) is 5.92 Å². The number of fused-ring (bicyclic) bond motifs is 1. The van der Waals surface area contributed by atoms with Gasteiger partial charge in [0.15, 0.2) is 6.61 Å². The lowest BCUT2D eigenvalue weighted by Gasteiger charge is -2.22. The topological polar surface area (TPSA) is 70.4 Å². The lowest BCUT2D eigenvalue weighted by molar-refractivity contribution is -0.143. The summed E-state index contributed by atoms with van der Waals surface area (Å²) in [5.41, 5.74) is 3.72. The number of hydrogen-bond acceptors (Lipinski definition) is 4. The maximum atomic E-state index is 12.6. The maximum absolute atomic E-state index is 12.6. The highest BCUT2D eigenvalue weighted by molar-refractivity contribution is 6.01. The summed E-state index contributed by atoms with van der Waals surface area (Å²) >= 11 is 0. The molecule has 5 heteroatoms. The van der Waals surface area contributed by atoms with Crippen molar-refractivity contribution in [1.82, 2.24) is 0 Å². The quantitative estimate of drug-likeness (QED) is 0.436. The first-order chi connectivity index (χ1) is 13.9. The van der Waals surface area contributed by atoms with Crippen LogP contribution in [0.2, 0.25) is 0 Å². The van der Waals surface area contributed by atoms with Crippen molar-refractivity contribution in [2.24, 2.45) is 0 Å². The smallest absolute Gasteiger partial charge is 0.349 e. The van der Waals surface area contributed by atoms with Gasteiger partial charge in [-0.3, -0.25) is 4.79 Å². The zero-order valence-electron chi connectivity index (χ0n) is 16.9. The number of para-hydroxylation sites is 1. The van der Waals surface area contributed by atoms with E-state index in [1.165, 1.54) is 11.6 Å². The van der Waals surface area contributed by atoms with Gasteiger partial charge in [0, 0.05) is 11.7 Å². The number of anilines is 1. The summed E-state index contributed by atoms with van der Waals surface area (Å²) in [5.74, 6) is -0.694. The Morgan fingerprint density at radius 1 is 1.21 bits per heavy atom. The average molecular weight is 388 g/mol. The first kappa shape index (κ1) is 20.3. The minimum Gasteiger partial charge on any atom is -0.451 e. The fourth-order valence-electron chi connectivity index (χ4n) is 3.50. The van der Waals surface area contributed by atoms with Crippen molar-refractivity contribution < 1.29 is 14.3 Å². The molecule has 0 aliphatic carbocycles. The molecule has 0 saturated carbocycles. The molecular weight excluding hydrogens is 364 g/mol. The highest BCUT2D eigenvalue weighted by atomic mass is 16.5. The molecule has 1 aliphatic rings. The van der Waals surface area contributed by atoms with Crippen molar-refractivity contribution in [3.8, 4) is 6.07 Å². The van der Waals surface area contributed by atoms with Crippen LogP contribution in [0.4, 0.5) is 5.69 Å². The molecule has 148 valence electrons. The van der Waals surface area contributed by atoms with Gasteiger partial charge in [-0.05, 0) is 48.1 Å². The molecule has 0 unspecified atom stereocenters. The molecule has 1 heterocycles. The Kier molecular flexibility index (Phi) is 6.13. The number of amides is 1. The molecule has 5 nitrogen and oxygen atoms in total. The van der Waals surface area contributed by atoms with Crippen LogP contribution in [-0.2, 0) is 20.7 Å². The van der Waals surface area contributed by atoms with E-state index in [4.69, 9.17) is 4.74 Å². The summed E-state index contributed by atoms with van der Waals surface area (Å²) in [6.45, 7) is 5.75. The average Bonchev–Trinajstić information content (AvgIpc) is 3.06. The van der Waals surface area contributed by atoms with E-state index in [0.717, 1.165) is 23.2 Å². The molecular formula is C24H24N2O3. The summed E-state index contributed by atoms with van der Waals surface area (Å²) in [7, 11) is 0. The lowest BCUT2D eigenvalue weighted by atomic mass is 10.0. The maximum Gasteiger partial charge on any atom is 0.349 e. The first-order valence-electron chi connectivity index (χ1n) is 9.69. The predicted octanol–water partition coefficient (Wildman–Crippen LogP) is 4.24. The second kappa shape index (κ2) is 8.74. The number of ether oxygens (including phenoxy) is 1. The van der Waals surface area contributed by atoms with Gasteiger partial charge < -0.3 is 9.64 Å². The van der Waals surface area contributed by atoms with Crippen LogP contribution in [0.15, 0.2) is 54.1 Å². The van der Waals surface area contributed by atoms with Crippen molar-refractivity contribution in [3.63, 3.8) is 0 Å². The Hall–Kier alpha value is -3.39. The summed E-state index contributed by atoms with van der Waals surface area (Å²) in [6, 6.07) is 17.2. The van der Waals surface area contributed by atoms with Crippen LogP contribution >= 0.6 is 0 Å². The summed E-state index contributed by atoms with van der Waals surface area (Å²) in [5, 5.41) is 9.34. The molecule has 0 bridgehead atoms. The van der Waals surface area contributed by atoms with Crippen LogP contribution < -0.4 is 4.90 Å². The molecule has 0 spiro atoms. The standard InChI is InChI=1S/C24H24N2O3/c1-16(2)19-10-8-18(9-11-19)13-21(14-25)24(28)29-15-23(27)26-17(3)12-20-6-4-5-7-22(20)26/h4-11,13,16-17H,12,15H2,1-3H3/b21-13+/t17-/m1/s1. The molecule has 0 aromatic heterocycles. The fraction of sp³-hybridized carbons (Fsp3) is 0.292. The van der Waals surface area contributed by atoms with E-state index in [9.17, 15) is 14.9 Å². The third kappa shape index (κ3) is 4.55. The van der Waals surface area contributed by atoms with Crippen molar-refractivity contribution in [1.29, 1.82) is 5.26 Å². The monoisotopic (exact) mass is 388 g/mol. The van der Waals surface area contributed by atoms with Crippen molar-refractivity contribution in [2.45, 2.75) is 39.2 Å². The third-order valence-corrected chi connectivity index (χ3v) is 5.06. The van der Waals surface area contributed by atoms with Gasteiger partial charge in [-0.15, -0.1) is 0 Å². The number of nitrogens with zero attached hydrogens (tertiary/aromatic N) is 2.